The quantitative estimate of drug-likeness (QED) is 0.652. The van der Waals surface area contributed by atoms with E-state index < -0.39 is 11.9 Å². The van der Waals surface area contributed by atoms with Crippen molar-refractivity contribution in [2.75, 3.05) is 19.0 Å². The number of carbonyl (C=O) groups excluding carboxylic acids is 3. The van der Waals surface area contributed by atoms with Gasteiger partial charge in [-0.15, -0.1) is 11.3 Å². The van der Waals surface area contributed by atoms with E-state index in [4.69, 9.17) is 4.74 Å². The molecule has 0 aliphatic carbocycles. The van der Waals surface area contributed by atoms with Crippen molar-refractivity contribution in [3.05, 3.63) is 39.7 Å². The summed E-state index contributed by atoms with van der Waals surface area (Å²) in [5.41, 5.74) is 1.83. The lowest BCUT2D eigenvalue weighted by Gasteiger charge is -2.09. The fourth-order valence-corrected chi connectivity index (χ4v) is 3.44. The van der Waals surface area contributed by atoms with Crippen molar-refractivity contribution < 1.29 is 23.9 Å². The Morgan fingerprint density at radius 3 is 2.46 bits per heavy atom. The van der Waals surface area contributed by atoms with E-state index in [0.717, 1.165) is 10.0 Å². The van der Waals surface area contributed by atoms with Crippen LogP contribution in [0, 0.1) is 0 Å². The van der Waals surface area contributed by atoms with Crippen LogP contribution in [0.2, 0.25) is 0 Å². The van der Waals surface area contributed by atoms with Crippen molar-refractivity contribution in [3.8, 4) is 11.1 Å². The Morgan fingerprint density at radius 1 is 1.15 bits per heavy atom. The molecule has 1 amide bonds. The Bertz CT molecular complexity index is 800. The third-order valence-electron chi connectivity index (χ3n) is 3.46. The number of halogens is 1. The Labute approximate surface area is 163 Å². The van der Waals surface area contributed by atoms with Gasteiger partial charge in [-0.2, -0.15) is 0 Å². The SMILES string of the molecule is CCOC(=O)c1c(-c2ccc(Br)cc2)csc1NC(=O)CCC(=O)OC. The molecule has 0 saturated carbocycles. The van der Waals surface area contributed by atoms with Gasteiger partial charge in [-0.1, -0.05) is 28.1 Å². The summed E-state index contributed by atoms with van der Waals surface area (Å²) in [6.07, 6.45) is -0.0531. The van der Waals surface area contributed by atoms with E-state index in [1.54, 1.807) is 12.3 Å². The molecular formula is C18H18BrNO5S. The molecule has 6 nitrogen and oxygen atoms in total. The minimum absolute atomic E-state index is 0.0258. The first-order chi connectivity index (χ1) is 12.5. The number of methoxy groups -OCH3 is 1. The summed E-state index contributed by atoms with van der Waals surface area (Å²) in [7, 11) is 1.27. The molecule has 0 atom stereocenters. The van der Waals surface area contributed by atoms with Gasteiger partial charge in [-0.05, 0) is 24.6 Å². The summed E-state index contributed by atoms with van der Waals surface area (Å²) in [6, 6.07) is 7.49. The first kappa shape index (κ1) is 20.1. The minimum Gasteiger partial charge on any atom is -0.469 e. The molecule has 8 heteroatoms. The minimum atomic E-state index is -0.505. The Morgan fingerprint density at radius 2 is 1.85 bits per heavy atom. The van der Waals surface area contributed by atoms with Crippen molar-refractivity contribution in [2.24, 2.45) is 0 Å². The normalized spacial score (nSPS) is 10.3. The van der Waals surface area contributed by atoms with Crippen molar-refractivity contribution in [1.29, 1.82) is 0 Å². The van der Waals surface area contributed by atoms with Gasteiger partial charge in [0.1, 0.15) is 10.6 Å². The monoisotopic (exact) mass is 439 g/mol. The number of hydrogen-bond donors (Lipinski definition) is 1. The van der Waals surface area contributed by atoms with E-state index in [-0.39, 0.29) is 25.4 Å². The zero-order chi connectivity index (χ0) is 19.1. The predicted octanol–water partition coefficient (Wildman–Crippen LogP) is 4.25. The molecule has 0 fully saturated rings. The van der Waals surface area contributed by atoms with Gasteiger partial charge in [-0.25, -0.2) is 4.79 Å². The zero-order valence-corrected chi connectivity index (χ0v) is 16.7. The maximum atomic E-state index is 12.4. The number of esters is 2. The molecule has 0 radical (unpaired) electrons. The number of ether oxygens (including phenoxy) is 2. The first-order valence-electron chi connectivity index (χ1n) is 7.87. The largest absolute Gasteiger partial charge is 0.469 e. The van der Waals surface area contributed by atoms with Crippen LogP contribution in [0.25, 0.3) is 11.1 Å². The lowest BCUT2D eigenvalue weighted by Crippen LogP contribution is -2.16. The molecule has 0 unspecified atom stereocenters. The molecule has 26 heavy (non-hydrogen) atoms. The molecule has 138 valence electrons. The van der Waals surface area contributed by atoms with Crippen LogP contribution in [-0.4, -0.2) is 31.6 Å². The predicted molar refractivity (Wildman–Crippen MR) is 103 cm³/mol. The maximum Gasteiger partial charge on any atom is 0.341 e. The number of carbonyl (C=O) groups is 3. The van der Waals surface area contributed by atoms with Crippen LogP contribution < -0.4 is 5.32 Å². The average Bonchev–Trinajstić information content (AvgIpc) is 3.04. The molecule has 1 N–H and O–H groups in total. The second-order valence-electron chi connectivity index (χ2n) is 5.21. The van der Waals surface area contributed by atoms with E-state index in [9.17, 15) is 14.4 Å². The summed E-state index contributed by atoms with van der Waals surface area (Å²) in [5, 5.41) is 4.89. The molecule has 2 aromatic rings. The lowest BCUT2D eigenvalue weighted by atomic mass is 10.0. The highest BCUT2D eigenvalue weighted by Crippen LogP contribution is 2.36. The van der Waals surface area contributed by atoms with Crippen LogP contribution in [0.1, 0.15) is 30.1 Å². The number of benzene rings is 1. The highest BCUT2D eigenvalue weighted by Gasteiger charge is 2.23. The molecule has 0 bridgehead atoms. The van der Waals surface area contributed by atoms with Crippen LogP contribution in [0.15, 0.2) is 34.1 Å². The third-order valence-corrected chi connectivity index (χ3v) is 4.89. The van der Waals surface area contributed by atoms with E-state index in [0.29, 0.717) is 16.1 Å². The van der Waals surface area contributed by atoms with Gasteiger partial charge < -0.3 is 14.8 Å². The smallest absolute Gasteiger partial charge is 0.341 e. The fourth-order valence-electron chi connectivity index (χ4n) is 2.20. The van der Waals surface area contributed by atoms with E-state index in [1.165, 1.54) is 18.4 Å². The molecule has 1 aromatic heterocycles. The van der Waals surface area contributed by atoms with Crippen molar-refractivity contribution in [1.82, 2.24) is 0 Å². The number of thiophene rings is 1. The van der Waals surface area contributed by atoms with Crippen LogP contribution in [0.4, 0.5) is 5.00 Å². The van der Waals surface area contributed by atoms with E-state index in [1.807, 2.05) is 24.3 Å². The van der Waals surface area contributed by atoms with Gasteiger partial charge in [0.05, 0.1) is 20.1 Å². The lowest BCUT2D eigenvalue weighted by molar-refractivity contribution is -0.141. The zero-order valence-electron chi connectivity index (χ0n) is 14.3. The number of anilines is 1. The molecule has 2 rings (SSSR count). The third kappa shape index (κ3) is 5.15. The van der Waals surface area contributed by atoms with Crippen LogP contribution in [0.3, 0.4) is 0 Å². The summed E-state index contributed by atoms with van der Waals surface area (Å²) in [5.74, 6) is -1.34. The Hall–Kier alpha value is -2.19. The number of amides is 1. The molecule has 0 saturated heterocycles. The fraction of sp³-hybridized carbons (Fsp3) is 0.278. The average molecular weight is 440 g/mol. The molecule has 1 aromatic carbocycles. The Kier molecular flexibility index (Phi) is 7.35. The van der Waals surface area contributed by atoms with Gasteiger partial charge in [-0.3, -0.25) is 9.59 Å². The van der Waals surface area contributed by atoms with Crippen LogP contribution >= 0.6 is 27.3 Å². The molecule has 0 aliphatic heterocycles. The maximum absolute atomic E-state index is 12.4. The summed E-state index contributed by atoms with van der Waals surface area (Å²) >= 11 is 4.62. The highest BCUT2D eigenvalue weighted by atomic mass is 79.9. The van der Waals surface area contributed by atoms with E-state index >= 15 is 0 Å². The number of nitrogens with one attached hydrogen (secondary N) is 1. The molecular weight excluding hydrogens is 422 g/mol. The van der Waals surface area contributed by atoms with Crippen LogP contribution in [-0.2, 0) is 19.1 Å². The van der Waals surface area contributed by atoms with E-state index in [2.05, 4.69) is 26.0 Å². The second-order valence-corrected chi connectivity index (χ2v) is 7.00. The first-order valence-corrected chi connectivity index (χ1v) is 9.54. The molecule has 0 aliphatic rings. The number of hydrogen-bond acceptors (Lipinski definition) is 6. The van der Waals surface area contributed by atoms with Gasteiger partial charge in [0.25, 0.3) is 0 Å². The van der Waals surface area contributed by atoms with Crippen LogP contribution in [0.5, 0.6) is 0 Å². The van der Waals surface area contributed by atoms with Crippen molar-refractivity contribution >= 4 is 50.1 Å². The standard InChI is InChI=1S/C18H18BrNO5S/c1-3-25-18(23)16-13(11-4-6-12(19)7-5-11)10-26-17(16)20-14(21)8-9-15(22)24-2/h4-7,10H,3,8-9H2,1-2H3,(H,20,21). The van der Waals surface area contributed by atoms with Gasteiger partial charge >= 0.3 is 11.9 Å². The summed E-state index contributed by atoms with van der Waals surface area (Å²) in [4.78, 5) is 35.7. The summed E-state index contributed by atoms with van der Waals surface area (Å²) < 4.78 is 10.6. The van der Waals surface area contributed by atoms with Gasteiger partial charge in [0, 0.05) is 21.8 Å². The molecule has 0 spiro atoms. The molecule has 1 heterocycles. The van der Waals surface area contributed by atoms with Crippen molar-refractivity contribution in [2.45, 2.75) is 19.8 Å². The summed E-state index contributed by atoms with van der Waals surface area (Å²) in [6.45, 7) is 1.95. The van der Waals surface area contributed by atoms with Gasteiger partial charge in [0.2, 0.25) is 5.91 Å². The Balaban J connectivity index is 2.28. The van der Waals surface area contributed by atoms with Gasteiger partial charge in [0.15, 0.2) is 0 Å². The highest BCUT2D eigenvalue weighted by molar-refractivity contribution is 9.10. The topological polar surface area (TPSA) is 81.7 Å². The number of rotatable bonds is 7. The second kappa shape index (κ2) is 9.49. The van der Waals surface area contributed by atoms with Crippen molar-refractivity contribution in [3.63, 3.8) is 0 Å².